The van der Waals surface area contributed by atoms with E-state index in [1.165, 1.54) is 0 Å². The average molecular weight is 508 g/mol. The van der Waals surface area contributed by atoms with E-state index in [-0.39, 0.29) is 23.7 Å². The van der Waals surface area contributed by atoms with Gasteiger partial charge in [-0.05, 0) is 69.2 Å². The minimum absolute atomic E-state index is 0.0469. The Morgan fingerprint density at radius 2 is 1.76 bits per heavy atom. The minimum atomic E-state index is -0.328. The maximum Gasteiger partial charge on any atom is 0.261 e. The number of nitrogens with zero attached hydrogens (tertiary/aromatic N) is 2. The van der Waals surface area contributed by atoms with Crippen molar-refractivity contribution in [3.63, 3.8) is 0 Å². The van der Waals surface area contributed by atoms with E-state index < -0.39 is 0 Å². The van der Waals surface area contributed by atoms with Crippen molar-refractivity contribution in [2.24, 2.45) is 4.99 Å². The van der Waals surface area contributed by atoms with Gasteiger partial charge in [0.25, 0.3) is 5.91 Å². The first-order chi connectivity index (χ1) is 18.2. The number of carbonyl (C=O) groups is 2. The Labute approximate surface area is 221 Å². The molecule has 4 aromatic rings. The average Bonchev–Trinajstić information content (AvgIpc) is 3.30. The summed E-state index contributed by atoms with van der Waals surface area (Å²) in [5.74, 6) is 0.795. The molecule has 1 aliphatic heterocycles. The molecule has 192 valence electrons. The number of Topliss-reactive ketones (excluding diaryl/α,β-unsaturated/α-hetero) is 1. The molecule has 0 saturated heterocycles. The maximum atomic E-state index is 13.2. The number of benzene rings is 3. The molecule has 38 heavy (non-hydrogen) atoms. The number of rotatable bonds is 7. The van der Waals surface area contributed by atoms with Gasteiger partial charge in [0.1, 0.15) is 22.8 Å². The molecule has 0 aliphatic carbocycles. The number of aliphatic imine (C=N–C) groups is 1. The number of nitrogens with one attached hydrogen (secondary N) is 1. The second-order valence-electron chi connectivity index (χ2n) is 10.0. The number of amides is 1. The van der Waals surface area contributed by atoms with Crippen molar-refractivity contribution in [1.82, 2.24) is 5.16 Å². The molecule has 7 heteroatoms. The number of fused-ring (bicyclic) bond motifs is 1. The maximum absolute atomic E-state index is 13.2. The summed E-state index contributed by atoms with van der Waals surface area (Å²) in [7, 11) is 1.63. The van der Waals surface area contributed by atoms with Crippen LogP contribution in [-0.2, 0) is 6.42 Å². The summed E-state index contributed by atoms with van der Waals surface area (Å²) in [6.07, 6.45) is 0.978. The van der Waals surface area contributed by atoms with Crippen LogP contribution in [0.5, 0.6) is 5.75 Å². The molecule has 0 bridgehead atoms. The third kappa shape index (κ3) is 5.13. The molecule has 1 N–H and O–H groups in total. The number of anilines is 1. The predicted molar refractivity (Wildman–Crippen MR) is 147 cm³/mol. The van der Waals surface area contributed by atoms with Crippen LogP contribution in [0.1, 0.15) is 57.9 Å². The molecule has 1 aromatic heterocycles. The molecule has 0 saturated carbocycles. The normalized spacial score (nSPS) is 13.8. The van der Waals surface area contributed by atoms with Crippen molar-refractivity contribution in [1.29, 1.82) is 0 Å². The highest BCUT2D eigenvalue weighted by Crippen LogP contribution is 2.31. The van der Waals surface area contributed by atoms with Crippen LogP contribution in [0.15, 0.2) is 82.3 Å². The molecule has 2 heterocycles. The van der Waals surface area contributed by atoms with Crippen LogP contribution < -0.4 is 10.1 Å². The predicted octanol–water partition coefficient (Wildman–Crippen LogP) is 6.31. The summed E-state index contributed by atoms with van der Waals surface area (Å²) in [5.41, 5.74) is 5.36. The van der Waals surface area contributed by atoms with Gasteiger partial charge in [-0.2, -0.15) is 0 Å². The van der Waals surface area contributed by atoms with E-state index in [2.05, 4.69) is 24.3 Å². The smallest absolute Gasteiger partial charge is 0.261 e. The number of ether oxygens (including phenoxy) is 1. The summed E-state index contributed by atoms with van der Waals surface area (Å²) >= 11 is 0. The standard InChI is InChI=1S/C31H29N3O4/c1-19-28(29(34-38-19)21-8-6-5-7-9-21)30(36)32-23-13-10-20(11-14-23)27(35)17-26-25-16-24(37-4)15-12-22(25)18-31(2,3)33-26/h5-16H,17-18H2,1-4H3,(H,32,36). The summed E-state index contributed by atoms with van der Waals surface area (Å²) in [6, 6.07) is 22.2. The second kappa shape index (κ2) is 10.1. The Kier molecular flexibility index (Phi) is 6.68. The molecule has 5 rings (SSSR count). The second-order valence-corrected chi connectivity index (χ2v) is 10.0. The van der Waals surface area contributed by atoms with E-state index >= 15 is 0 Å². The van der Waals surface area contributed by atoms with Crippen molar-refractivity contribution in [3.05, 3.63) is 101 Å². The largest absolute Gasteiger partial charge is 0.497 e. The van der Waals surface area contributed by atoms with Crippen LogP contribution in [-0.4, -0.2) is 35.2 Å². The lowest BCUT2D eigenvalue weighted by atomic mass is 9.85. The van der Waals surface area contributed by atoms with Gasteiger partial charge in [-0.15, -0.1) is 0 Å². The fourth-order valence-electron chi connectivity index (χ4n) is 4.79. The van der Waals surface area contributed by atoms with Crippen molar-refractivity contribution < 1.29 is 18.8 Å². The number of aromatic nitrogens is 1. The van der Waals surface area contributed by atoms with Gasteiger partial charge in [0.15, 0.2) is 5.78 Å². The van der Waals surface area contributed by atoms with Gasteiger partial charge in [0.2, 0.25) is 0 Å². The molecule has 0 atom stereocenters. The number of hydrogen-bond donors (Lipinski definition) is 1. The SMILES string of the molecule is COc1ccc2c(c1)C(CC(=O)c1ccc(NC(=O)c3c(-c4ccccc4)noc3C)cc1)=NC(C)(C)C2. The van der Waals surface area contributed by atoms with Gasteiger partial charge in [0, 0.05) is 22.4 Å². The fourth-order valence-corrected chi connectivity index (χ4v) is 4.79. The topological polar surface area (TPSA) is 93.8 Å². The molecule has 0 spiro atoms. The number of ketones is 1. The zero-order chi connectivity index (χ0) is 26.9. The first-order valence-electron chi connectivity index (χ1n) is 12.5. The molecule has 1 amide bonds. The molecule has 0 radical (unpaired) electrons. The summed E-state index contributed by atoms with van der Waals surface area (Å²) < 4.78 is 10.7. The van der Waals surface area contributed by atoms with Crippen molar-refractivity contribution in [2.45, 2.75) is 39.2 Å². The van der Waals surface area contributed by atoms with Crippen molar-refractivity contribution >= 4 is 23.1 Å². The third-order valence-electron chi connectivity index (χ3n) is 6.62. The Morgan fingerprint density at radius 1 is 1.03 bits per heavy atom. The highest BCUT2D eigenvalue weighted by molar-refractivity contribution is 6.17. The number of methoxy groups -OCH3 is 1. The van der Waals surface area contributed by atoms with E-state index in [1.54, 1.807) is 38.3 Å². The summed E-state index contributed by atoms with van der Waals surface area (Å²) in [6.45, 7) is 5.85. The highest BCUT2D eigenvalue weighted by atomic mass is 16.5. The molecule has 3 aromatic carbocycles. The van der Waals surface area contributed by atoms with Crippen LogP contribution >= 0.6 is 0 Å². The fraction of sp³-hybridized carbons (Fsp3) is 0.226. The Balaban J connectivity index is 1.32. The molecular weight excluding hydrogens is 478 g/mol. The van der Waals surface area contributed by atoms with Crippen molar-refractivity contribution in [2.75, 3.05) is 12.4 Å². The zero-order valence-corrected chi connectivity index (χ0v) is 21.9. The van der Waals surface area contributed by atoms with Crippen LogP contribution in [0.4, 0.5) is 5.69 Å². The van der Waals surface area contributed by atoms with Crippen LogP contribution in [0.25, 0.3) is 11.3 Å². The first kappa shape index (κ1) is 25.1. The van der Waals surface area contributed by atoms with E-state index in [0.717, 1.165) is 34.6 Å². The zero-order valence-electron chi connectivity index (χ0n) is 21.9. The number of carbonyl (C=O) groups excluding carboxylic acids is 2. The van der Waals surface area contributed by atoms with Crippen molar-refractivity contribution in [3.8, 4) is 17.0 Å². The first-order valence-corrected chi connectivity index (χ1v) is 12.5. The van der Waals surface area contributed by atoms with Gasteiger partial charge < -0.3 is 14.6 Å². The quantitative estimate of drug-likeness (QED) is 0.296. The third-order valence-corrected chi connectivity index (χ3v) is 6.62. The van der Waals surface area contributed by atoms with Crippen LogP contribution in [0.3, 0.4) is 0 Å². The van der Waals surface area contributed by atoms with E-state index in [1.807, 2.05) is 48.5 Å². The summed E-state index contributed by atoms with van der Waals surface area (Å²) in [4.78, 5) is 31.2. The molecule has 0 unspecified atom stereocenters. The van der Waals surface area contributed by atoms with Gasteiger partial charge in [0.05, 0.1) is 24.8 Å². The molecular formula is C31H29N3O4. The van der Waals surface area contributed by atoms with Gasteiger partial charge in [-0.3, -0.25) is 14.6 Å². The minimum Gasteiger partial charge on any atom is -0.497 e. The van der Waals surface area contributed by atoms with E-state index in [9.17, 15) is 9.59 Å². The van der Waals surface area contributed by atoms with Gasteiger partial charge >= 0.3 is 0 Å². The highest BCUT2D eigenvalue weighted by Gasteiger charge is 2.28. The van der Waals surface area contributed by atoms with Gasteiger partial charge in [-0.25, -0.2) is 0 Å². The Bertz CT molecular complexity index is 1530. The lowest BCUT2D eigenvalue weighted by Crippen LogP contribution is -2.30. The van der Waals surface area contributed by atoms with E-state index in [0.29, 0.717) is 28.3 Å². The number of aryl methyl sites for hydroxylation is 1. The Morgan fingerprint density at radius 3 is 2.47 bits per heavy atom. The monoisotopic (exact) mass is 507 g/mol. The van der Waals surface area contributed by atoms with Crippen LogP contribution in [0, 0.1) is 6.92 Å². The number of hydrogen-bond acceptors (Lipinski definition) is 6. The van der Waals surface area contributed by atoms with Gasteiger partial charge in [-0.1, -0.05) is 41.6 Å². The lowest BCUT2D eigenvalue weighted by Gasteiger charge is -2.29. The Hall–Kier alpha value is -4.52. The summed E-state index contributed by atoms with van der Waals surface area (Å²) in [5, 5.41) is 6.97. The van der Waals surface area contributed by atoms with Crippen LogP contribution in [0.2, 0.25) is 0 Å². The molecule has 7 nitrogen and oxygen atoms in total. The van der Waals surface area contributed by atoms with E-state index in [4.69, 9.17) is 14.3 Å². The molecule has 1 aliphatic rings. The lowest BCUT2D eigenvalue weighted by molar-refractivity contribution is 0.0998. The molecule has 0 fully saturated rings.